The van der Waals surface area contributed by atoms with Crippen LogP contribution in [0, 0.1) is 12.7 Å². The summed E-state index contributed by atoms with van der Waals surface area (Å²) in [7, 11) is 0. The molecular weight excluding hydrogens is 403 g/mol. The van der Waals surface area contributed by atoms with Crippen LogP contribution in [-0.4, -0.2) is 16.7 Å². The molecule has 0 radical (unpaired) electrons. The summed E-state index contributed by atoms with van der Waals surface area (Å²) in [5, 5.41) is 3.07. The molecule has 0 spiro atoms. The Bertz CT molecular complexity index is 1280. The van der Waals surface area contributed by atoms with Crippen LogP contribution in [0.25, 0.3) is 11.0 Å². The van der Waals surface area contributed by atoms with Crippen molar-refractivity contribution in [2.75, 3.05) is 11.6 Å². The van der Waals surface area contributed by atoms with E-state index in [1.54, 1.807) is 43.1 Å². The lowest BCUT2D eigenvalue weighted by molar-refractivity contribution is 0.102. The summed E-state index contributed by atoms with van der Waals surface area (Å²) in [6, 6.07) is 15.1. The third-order valence-corrected chi connectivity index (χ3v) is 5.58. The molecule has 2 aromatic heterocycles. The normalized spacial score (nSPS) is 11.0. The molecule has 2 aromatic carbocycles. The molecule has 0 saturated heterocycles. The van der Waals surface area contributed by atoms with Crippen LogP contribution in [0.2, 0.25) is 0 Å². The minimum atomic E-state index is -0.403. The first-order chi connectivity index (χ1) is 14.5. The predicted octanol–water partition coefficient (Wildman–Crippen LogP) is 5.06. The fraction of sp³-hybridized carbons (Fsp3) is 0.130. The summed E-state index contributed by atoms with van der Waals surface area (Å²) in [6.07, 6.45) is 3.59. The number of nitrogens with one attached hydrogen (secondary N) is 1. The first-order valence-electron chi connectivity index (χ1n) is 9.28. The molecule has 0 aliphatic heterocycles. The van der Waals surface area contributed by atoms with E-state index in [-0.39, 0.29) is 28.9 Å². The second kappa shape index (κ2) is 8.20. The fourth-order valence-electron chi connectivity index (χ4n) is 3.32. The quantitative estimate of drug-likeness (QED) is 0.457. The number of halogens is 1. The van der Waals surface area contributed by atoms with Crippen molar-refractivity contribution in [3.8, 4) is 0 Å². The van der Waals surface area contributed by atoms with Crippen molar-refractivity contribution in [1.82, 2.24) is 4.57 Å². The number of aromatic nitrogens is 1. The molecule has 30 heavy (non-hydrogen) atoms. The smallest absolute Gasteiger partial charge is 0.262 e. The van der Waals surface area contributed by atoms with E-state index >= 15 is 0 Å². The Morgan fingerprint density at radius 2 is 1.80 bits per heavy atom. The molecule has 0 unspecified atom stereocenters. The number of hydrogen-bond donors (Lipinski definition) is 1. The third-order valence-electron chi connectivity index (χ3n) is 4.83. The topological polar surface area (TPSA) is 64.2 Å². The molecule has 4 aromatic rings. The van der Waals surface area contributed by atoms with Crippen molar-refractivity contribution in [1.29, 1.82) is 0 Å². The zero-order valence-electron chi connectivity index (χ0n) is 16.4. The molecule has 5 nitrogen and oxygen atoms in total. The number of pyridine rings is 1. The summed E-state index contributed by atoms with van der Waals surface area (Å²) in [4.78, 5) is 27.2. The molecule has 0 atom stereocenters. The van der Waals surface area contributed by atoms with Crippen molar-refractivity contribution in [2.45, 2.75) is 18.4 Å². The van der Waals surface area contributed by atoms with Crippen LogP contribution < -0.4 is 10.9 Å². The van der Waals surface area contributed by atoms with Crippen LogP contribution in [0.15, 0.2) is 74.9 Å². The van der Waals surface area contributed by atoms with Crippen molar-refractivity contribution < 1.29 is 13.6 Å². The highest BCUT2D eigenvalue weighted by molar-refractivity contribution is 7.98. The van der Waals surface area contributed by atoms with Gasteiger partial charge in [-0.25, -0.2) is 4.39 Å². The van der Waals surface area contributed by atoms with Gasteiger partial charge in [0.25, 0.3) is 11.5 Å². The van der Waals surface area contributed by atoms with E-state index in [2.05, 4.69) is 5.32 Å². The van der Waals surface area contributed by atoms with Gasteiger partial charge in [0.1, 0.15) is 17.2 Å². The molecule has 1 amide bonds. The largest absolute Gasteiger partial charge is 0.460 e. The van der Waals surface area contributed by atoms with E-state index in [1.165, 1.54) is 16.7 Å². The van der Waals surface area contributed by atoms with Crippen molar-refractivity contribution >= 4 is 34.3 Å². The van der Waals surface area contributed by atoms with E-state index in [9.17, 15) is 14.0 Å². The molecule has 152 valence electrons. The van der Waals surface area contributed by atoms with Crippen LogP contribution in [0.5, 0.6) is 0 Å². The molecular formula is C23H19FN2O3S. The zero-order chi connectivity index (χ0) is 21.3. The number of fused-ring (bicyclic) bond motifs is 1. The maximum Gasteiger partial charge on any atom is 0.262 e. The number of amides is 1. The maximum atomic E-state index is 13.2. The molecule has 0 bridgehead atoms. The molecule has 1 N–H and O–H groups in total. The average Bonchev–Trinajstić information content (AvgIpc) is 3.09. The molecule has 7 heteroatoms. The van der Waals surface area contributed by atoms with Crippen LogP contribution in [-0.2, 0) is 6.54 Å². The Morgan fingerprint density at radius 1 is 1.10 bits per heavy atom. The van der Waals surface area contributed by atoms with E-state index in [4.69, 9.17) is 4.42 Å². The van der Waals surface area contributed by atoms with Gasteiger partial charge < -0.3 is 14.3 Å². The minimum Gasteiger partial charge on any atom is -0.460 e. The first-order valence-corrected chi connectivity index (χ1v) is 10.5. The van der Waals surface area contributed by atoms with Gasteiger partial charge in [0, 0.05) is 16.8 Å². The second-order valence-corrected chi connectivity index (χ2v) is 7.71. The first kappa shape index (κ1) is 20.0. The highest BCUT2D eigenvalue weighted by atomic mass is 32.2. The van der Waals surface area contributed by atoms with Crippen molar-refractivity contribution in [2.24, 2.45) is 0 Å². The number of anilines is 1. The van der Waals surface area contributed by atoms with Crippen molar-refractivity contribution in [3.05, 3.63) is 93.9 Å². The monoisotopic (exact) mass is 422 g/mol. The van der Waals surface area contributed by atoms with Gasteiger partial charge in [-0.05, 0) is 61.2 Å². The average molecular weight is 422 g/mol. The lowest BCUT2D eigenvalue weighted by Crippen LogP contribution is -2.22. The maximum absolute atomic E-state index is 13.2. The second-order valence-electron chi connectivity index (χ2n) is 6.83. The lowest BCUT2D eigenvalue weighted by Gasteiger charge is -2.08. The Morgan fingerprint density at radius 3 is 2.47 bits per heavy atom. The van der Waals surface area contributed by atoms with E-state index in [1.807, 2.05) is 30.5 Å². The summed E-state index contributed by atoms with van der Waals surface area (Å²) in [5.41, 5.74) is 1.65. The Hall–Kier alpha value is -3.32. The molecule has 4 rings (SSSR count). The molecule has 0 saturated carbocycles. The van der Waals surface area contributed by atoms with Crippen LogP contribution in [0.4, 0.5) is 10.1 Å². The van der Waals surface area contributed by atoms with Gasteiger partial charge in [0.05, 0.1) is 17.5 Å². The van der Waals surface area contributed by atoms with Gasteiger partial charge in [-0.3, -0.25) is 9.59 Å². The number of rotatable bonds is 5. The fourth-order valence-corrected chi connectivity index (χ4v) is 3.73. The standard InChI is InChI=1S/C23H19FN2O3S/c1-14-20(22(27)25-17-7-9-18(30-2)10-8-17)21-19(29-14)11-12-26(23(21)28)13-15-3-5-16(24)6-4-15/h3-12H,13H2,1-2H3,(H,25,27). The lowest BCUT2D eigenvalue weighted by atomic mass is 10.1. The number of benzene rings is 2. The predicted molar refractivity (Wildman–Crippen MR) is 117 cm³/mol. The summed E-state index contributed by atoms with van der Waals surface area (Å²) < 4.78 is 20.3. The van der Waals surface area contributed by atoms with Crippen molar-refractivity contribution in [3.63, 3.8) is 0 Å². The molecule has 0 aliphatic rings. The van der Waals surface area contributed by atoms with Crippen LogP contribution >= 0.6 is 11.8 Å². The highest BCUT2D eigenvalue weighted by Gasteiger charge is 2.22. The number of carbonyl (C=O) groups excluding carboxylic acids is 1. The van der Waals surface area contributed by atoms with Gasteiger partial charge >= 0.3 is 0 Å². The van der Waals surface area contributed by atoms with E-state index in [0.717, 1.165) is 10.5 Å². The van der Waals surface area contributed by atoms with Gasteiger partial charge in [0.15, 0.2) is 0 Å². The Labute approximate surface area is 176 Å². The molecule has 0 aliphatic carbocycles. The number of aryl methyl sites for hydroxylation is 1. The van der Waals surface area contributed by atoms with Crippen LogP contribution in [0.1, 0.15) is 21.7 Å². The summed E-state index contributed by atoms with van der Waals surface area (Å²) in [6.45, 7) is 1.92. The van der Waals surface area contributed by atoms with Gasteiger partial charge in [0.2, 0.25) is 0 Å². The zero-order valence-corrected chi connectivity index (χ0v) is 17.3. The van der Waals surface area contributed by atoms with Gasteiger partial charge in [-0.15, -0.1) is 11.8 Å². The third kappa shape index (κ3) is 3.89. The number of hydrogen-bond acceptors (Lipinski definition) is 4. The SMILES string of the molecule is CSc1ccc(NC(=O)c2c(C)oc3ccn(Cc4ccc(F)cc4)c(=O)c23)cc1. The Kier molecular flexibility index (Phi) is 5.46. The summed E-state index contributed by atoms with van der Waals surface area (Å²) >= 11 is 1.61. The van der Waals surface area contributed by atoms with E-state index < -0.39 is 5.91 Å². The van der Waals surface area contributed by atoms with E-state index in [0.29, 0.717) is 17.0 Å². The number of nitrogens with zero attached hydrogens (tertiary/aromatic N) is 1. The summed E-state index contributed by atoms with van der Waals surface area (Å²) in [5.74, 6) is -0.365. The van der Waals surface area contributed by atoms with Gasteiger partial charge in [-0.1, -0.05) is 12.1 Å². The Balaban J connectivity index is 1.70. The van der Waals surface area contributed by atoms with Crippen LogP contribution in [0.3, 0.4) is 0 Å². The number of thioether (sulfide) groups is 1. The molecule has 0 fully saturated rings. The highest BCUT2D eigenvalue weighted by Crippen LogP contribution is 2.24. The number of carbonyl (C=O) groups is 1. The molecule has 2 heterocycles. The van der Waals surface area contributed by atoms with Gasteiger partial charge in [-0.2, -0.15) is 0 Å². The number of furan rings is 1. The minimum absolute atomic E-state index is 0.220.